The van der Waals surface area contributed by atoms with Gasteiger partial charge in [0.15, 0.2) is 0 Å². The Kier molecular flexibility index (Phi) is 5.54. The van der Waals surface area contributed by atoms with Crippen LogP contribution < -0.4 is 5.32 Å². The van der Waals surface area contributed by atoms with E-state index >= 15 is 0 Å². The molecule has 1 aromatic heterocycles. The van der Waals surface area contributed by atoms with Crippen molar-refractivity contribution in [3.63, 3.8) is 0 Å². The van der Waals surface area contributed by atoms with E-state index in [0.717, 1.165) is 11.1 Å². The topological polar surface area (TPSA) is 100 Å². The maximum absolute atomic E-state index is 12.9. The van der Waals surface area contributed by atoms with Crippen LogP contribution in [0.15, 0.2) is 41.8 Å². The number of carbonyl (C=O) groups is 2. The van der Waals surface area contributed by atoms with E-state index in [2.05, 4.69) is 20.4 Å². The van der Waals surface area contributed by atoms with Crippen LogP contribution in [0.4, 0.5) is 9.59 Å². The van der Waals surface area contributed by atoms with Gasteiger partial charge in [0.05, 0.1) is 30.9 Å². The van der Waals surface area contributed by atoms with Crippen molar-refractivity contribution >= 4 is 29.4 Å². The summed E-state index contributed by atoms with van der Waals surface area (Å²) in [6, 6.07) is 6.08. The molecule has 30 heavy (non-hydrogen) atoms. The van der Waals surface area contributed by atoms with E-state index in [9.17, 15) is 9.59 Å². The highest BCUT2D eigenvalue weighted by molar-refractivity contribution is 6.30. The number of hydrazone groups is 1. The summed E-state index contributed by atoms with van der Waals surface area (Å²) in [7, 11) is 0. The quantitative estimate of drug-likeness (QED) is 0.807. The molecule has 2 aromatic rings. The first kappa shape index (κ1) is 20.1. The molecule has 1 aromatic carbocycles. The lowest BCUT2D eigenvalue weighted by atomic mass is 10.0. The SMILES string of the molecule is Cc1ncc([C@@H](C)NC(=O)N2C[C@H](N3CCOC3=O)C(c3ccc(Cl)cc3)=N2)cn1. The van der Waals surface area contributed by atoms with Gasteiger partial charge in [-0.3, -0.25) is 4.90 Å². The van der Waals surface area contributed by atoms with Gasteiger partial charge < -0.3 is 10.1 Å². The second kappa shape index (κ2) is 8.27. The Morgan fingerprint density at radius 1 is 1.27 bits per heavy atom. The molecule has 0 radical (unpaired) electrons. The standard InChI is InChI=1S/C20H21ClN6O3/c1-12(15-9-22-13(2)23-10-15)24-19(28)27-11-17(26-7-8-30-20(26)29)18(25-27)14-3-5-16(21)6-4-14/h3-6,9-10,12,17H,7-8,11H2,1-2H3,(H,24,28)/t12-,17+/m1/s1. The van der Waals surface area contributed by atoms with Crippen LogP contribution in [0.25, 0.3) is 0 Å². The van der Waals surface area contributed by atoms with Crippen LogP contribution >= 0.6 is 11.6 Å². The second-order valence-electron chi connectivity index (χ2n) is 7.13. The molecule has 3 amide bonds. The molecule has 0 aliphatic carbocycles. The number of nitrogens with zero attached hydrogens (tertiary/aromatic N) is 5. The summed E-state index contributed by atoms with van der Waals surface area (Å²) in [6.07, 6.45) is 2.96. The molecule has 2 aliphatic heterocycles. The number of urea groups is 1. The number of nitrogens with one attached hydrogen (secondary N) is 1. The predicted molar refractivity (Wildman–Crippen MR) is 110 cm³/mol. The summed E-state index contributed by atoms with van der Waals surface area (Å²) in [5, 5.41) is 9.36. The largest absolute Gasteiger partial charge is 0.448 e. The van der Waals surface area contributed by atoms with E-state index in [-0.39, 0.29) is 18.6 Å². The van der Waals surface area contributed by atoms with Crippen molar-refractivity contribution in [2.24, 2.45) is 5.10 Å². The van der Waals surface area contributed by atoms with Crippen molar-refractivity contribution in [2.75, 3.05) is 19.7 Å². The Labute approximate surface area is 178 Å². The minimum atomic E-state index is -0.408. The lowest BCUT2D eigenvalue weighted by Gasteiger charge is -2.23. The summed E-state index contributed by atoms with van der Waals surface area (Å²) in [4.78, 5) is 35.0. The van der Waals surface area contributed by atoms with E-state index in [1.165, 1.54) is 5.01 Å². The highest BCUT2D eigenvalue weighted by Crippen LogP contribution is 2.23. The minimum Gasteiger partial charge on any atom is -0.448 e. The van der Waals surface area contributed by atoms with Gasteiger partial charge in [0, 0.05) is 28.5 Å². The van der Waals surface area contributed by atoms with Crippen molar-refractivity contribution in [2.45, 2.75) is 25.9 Å². The maximum Gasteiger partial charge on any atom is 0.410 e. The first-order valence-electron chi connectivity index (χ1n) is 9.57. The van der Waals surface area contributed by atoms with Crippen LogP contribution in [0.5, 0.6) is 0 Å². The Balaban J connectivity index is 1.55. The number of amides is 3. The summed E-state index contributed by atoms with van der Waals surface area (Å²) < 4.78 is 5.09. The van der Waals surface area contributed by atoms with E-state index in [1.807, 2.05) is 19.1 Å². The third-order valence-corrected chi connectivity index (χ3v) is 5.33. The molecule has 156 valence electrons. The third-order valence-electron chi connectivity index (χ3n) is 5.07. The fourth-order valence-corrected chi connectivity index (χ4v) is 3.52. The lowest BCUT2D eigenvalue weighted by Crippen LogP contribution is -2.46. The summed E-state index contributed by atoms with van der Waals surface area (Å²) in [6.45, 7) is 4.65. The van der Waals surface area contributed by atoms with Crippen molar-refractivity contribution < 1.29 is 14.3 Å². The van der Waals surface area contributed by atoms with Crippen molar-refractivity contribution in [1.29, 1.82) is 0 Å². The number of carbonyl (C=O) groups excluding carboxylic acids is 2. The molecule has 0 saturated carbocycles. The number of hydrogen-bond acceptors (Lipinski definition) is 6. The van der Waals surface area contributed by atoms with E-state index < -0.39 is 12.1 Å². The molecule has 0 bridgehead atoms. The molecule has 1 fully saturated rings. The summed E-state index contributed by atoms with van der Waals surface area (Å²) in [5.41, 5.74) is 2.20. The van der Waals surface area contributed by atoms with Crippen molar-refractivity contribution in [3.8, 4) is 0 Å². The van der Waals surface area contributed by atoms with Crippen LogP contribution in [-0.2, 0) is 4.74 Å². The fraction of sp³-hybridized carbons (Fsp3) is 0.350. The number of halogens is 1. The average Bonchev–Trinajstić information content (AvgIpc) is 3.35. The zero-order valence-electron chi connectivity index (χ0n) is 16.6. The molecular formula is C20H21ClN6O3. The van der Waals surface area contributed by atoms with Gasteiger partial charge in [0.1, 0.15) is 12.4 Å². The molecule has 10 heteroatoms. The number of aromatic nitrogens is 2. The first-order chi connectivity index (χ1) is 14.4. The second-order valence-corrected chi connectivity index (χ2v) is 7.57. The molecule has 0 spiro atoms. The minimum absolute atomic E-state index is 0.232. The van der Waals surface area contributed by atoms with Crippen LogP contribution in [0, 0.1) is 6.92 Å². The van der Waals surface area contributed by atoms with Crippen LogP contribution in [0.3, 0.4) is 0 Å². The number of benzene rings is 1. The number of cyclic esters (lactones) is 1. The van der Waals surface area contributed by atoms with Crippen LogP contribution in [0.1, 0.15) is 29.9 Å². The van der Waals surface area contributed by atoms with Crippen LogP contribution in [-0.4, -0.2) is 63.5 Å². The zero-order chi connectivity index (χ0) is 21.3. The molecule has 0 unspecified atom stereocenters. The molecule has 1 N–H and O–H groups in total. The van der Waals surface area contributed by atoms with Gasteiger partial charge in [-0.1, -0.05) is 23.7 Å². The van der Waals surface area contributed by atoms with Gasteiger partial charge in [-0.05, 0) is 26.0 Å². The Morgan fingerprint density at radius 2 is 1.97 bits per heavy atom. The number of hydrogen-bond donors (Lipinski definition) is 1. The van der Waals surface area contributed by atoms with Gasteiger partial charge in [-0.25, -0.2) is 24.6 Å². The average molecular weight is 429 g/mol. The monoisotopic (exact) mass is 428 g/mol. The van der Waals surface area contributed by atoms with Gasteiger partial charge in [0.25, 0.3) is 0 Å². The lowest BCUT2D eigenvalue weighted by molar-refractivity contribution is 0.150. The van der Waals surface area contributed by atoms with Gasteiger partial charge in [0.2, 0.25) is 0 Å². The number of aryl methyl sites for hydroxylation is 1. The first-order valence-corrected chi connectivity index (χ1v) is 9.94. The molecule has 2 atom stereocenters. The van der Waals surface area contributed by atoms with E-state index in [0.29, 0.717) is 29.7 Å². The molecule has 9 nitrogen and oxygen atoms in total. The Morgan fingerprint density at radius 3 is 2.60 bits per heavy atom. The van der Waals surface area contributed by atoms with Gasteiger partial charge in [-0.2, -0.15) is 5.10 Å². The smallest absolute Gasteiger partial charge is 0.410 e. The van der Waals surface area contributed by atoms with Crippen molar-refractivity contribution in [1.82, 2.24) is 25.2 Å². The van der Waals surface area contributed by atoms with Gasteiger partial charge >= 0.3 is 12.1 Å². The fourth-order valence-electron chi connectivity index (χ4n) is 3.39. The molecule has 2 aliphatic rings. The van der Waals surface area contributed by atoms with E-state index in [4.69, 9.17) is 16.3 Å². The summed E-state index contributed by atoms with van der Waals surface area (Å²) >= 11 is 6.00. The maximum atomic E-state index is 12.9. The van der Waals surface area contributed by atoms with Crippen molar-refractivity contribution in [3.05, 3.63) is 58.6 Å². The number of ether oxygens (including phenoxy) is 1. The molecule has 4 rings (SSSR count). The third kappa shape index (κ3) is 4.06. The zero-order valence-corrected chi connectivity index (χ0v) is 17.3. The normalized spacial score (nSPS) is 19.5. The molecular weight excluding hydrogens is 408 g/mol. The Bertz CT molecular complexity index is 979. The number of rotatable bonds is 4. The highest BCUT2D eigenvalue weighted by atomic mass is 35.5. The van der Waals surface area contributed by atoms with E-state index in [1.54, 1.807) is 36.4 Å². The van der Waals surface area contributed by atoms with Gasteiger partial charge in [-0.15, -0.1) is 0 Å². The molecule has 1 saturated heterocycles. The Hall–Kier alpha value is -3.20. The molecule has 3 heterocycles. The highest BCUT2D eigenvalue weighted by Gasteiger charge is 2.40. The van der Waals surface area contributed by atoms with Crippen LogP contribution in [0.2, 0.25) is 5.02 Å². The predicted octanol–water partition coefficient (Wildman–Crippen LogP) is 2.75. The summed E-state index contributed by atoms with van der Waals surface area (Å²) in [5.74, 6) is 0.661.